The maximum Gasteiger partial charge on any atom is 0.348 e. The molecule has 0 aromatic heterocycles. The van der Waals surface area contributed by atoms with Crippen molar-refractivity contribution in [1.82, 2.24) is 0 Å². The fraction of sp³-hybridized carbons (Fsp3) is 0.800. The lowest BCUT2D eigenvalue weighted by Gasteiger charge is -2.37. The summed E-state index contributed by atoms with van der Waals surface area (Å²) in [4.78, 5) is 34.7. The Bertz CT molecular complexity index is 542. The van der Waals surface area contributed by atoms with Crippen LogP contribution in [-0.4, -0.2) is 54.2 Å². The van der Waals surface area contributed by atoms with E-state index in [9.17, 15) is 14.4 Å². The van der Waals surface area contributed by atoms with Crippen LogP contribution in [-0.2, 0) is 38.1 Å². The second-order valence-electron chi connectivity index (χ2n) is 6.54. The zero-order chi connectivity index (χ0) is 16.9. The quantitative estimate of drug-likeness (QED) is 0.528. The molecule has 0 amide bonds. The highest BCUT2D eigenvalue weighted by molar-refractivity contribution is 5.81. The Kier molecular flexibility index (Phi) is 3.84. The molecule has 0 N–H and O–H groups in total. The van der Waals surface area contributed by atoms with Crippen LogP contribution in [0.1, 0.15) is 34.1 Å². The Morgan fingerprint density at radius 2 is 1.65 bits per heavy atom. The number of rotatable bonds is 2. The standard InChI is InChI=1S/C15H20O8/c1-6(16)19-9-5-8-10(13-12(9)22-15(3,4)23-13)21-14(18)11(8)20-7(2)17/h8-13H,5H2,1-4H3/t8-,9+,10-,11-,12+,13+/m0/s1. The molecule has 1 aliphatic carbocycles. The lowest BCUT2D eigenvalue weighted by Crippen LogP contribution is -2.53. The van der Waals surface area contributed by atoms with E-state index in [1.165, 1.54) is 13.8 Å². The van der Waals surface area contributed by atoms with Crippen molar-refractivity contribution in [3.63, 3.8) is 0 Å². The molecule has 0 aromatic carbocycles. The van der Waals surface area contributed by atoms with Crippen molar-refractivity contribution >= 4 is 17.9 Å². The van der Waals surface area contributed by atoms with Gasteiger partial charge in [0.05, 0.1) is 5.92 Å². The van der Waals surface area contributed by atoms with Gasteiger partial charge in [-0.3, -0.25) is 9.59 Å². The van der Waals surface area contributed by atoms with Crippen LogP contribution in [0.15, 0.2) is 0 Å². The summed E-state index contributed by atoms with van der Waals surface area (Å²) in [6.07, 6.45) is -2.99. The Morgan fingerprint density at radius 1 is 1.04 bits per heavy atom. The smallest absolute Gasteiger partial charge is 0.348 e. The number of fused-ring (bicyclic) bond motifs is 3. The fourth-order valence-corrected chi connectivity index (χ4v) is 3.61. The third-order valence-corrected chi connectivity index (χ3v) is 4.26. The summed E-state index contributed by atoms with van der Waals surface area (Å²) in [5, 5.41) is 0. The molecule has 0 aromatic rings. The summed E-state index contributed by atoms with van der Waals surface area (Å²) in [5.74, 6) is -2.94. The molecule has 8 heteroatoms. The van der Waals surface area contributed by atoms with E-state index in [4.69, 9.17) is 23.7 Å². The average molecular weight is 328 g/mol. The third kappa shape index (κ3) is 2.92. The van der Waals surface area contributed by atoms with E-state index in [1.807, 2.05) is 0 Å². The molecule has 23 heavy (non-hydrogen) atoms. The second kappa shape index (κ2) is 5.45. The summed E-state index contributed by atoms with van der Waals surface area (Å²) in [5.41, 5.74) is 0. The first-order valence-electron chi connectivity index (χ1n) is 7.58. The Morgan fingerprint density at radius 3 is 2.26 bits per heavy atom. The van der Waals surface area contributed by atoms with Crippen LogP contribution in [0.3, 0.4) is 0 Å². The van der Waals surface area contributed by atoms with E-state index in [2.05, 4.69) is 0 Å². The van der Waals surface area contributed by atoms with Gasteiger partial charge < -0.3 is 23.7 Å². The van der Waals surface area contributed by atoms with Gasteiger partial charge in [0.2, 0.25) is 6.10 Å². The predicted molar refractivity (Wildman–Crippen MR) is 72.9 cm³/mol. The highest BCUT2D eigenvalue weighted by Crippen LogP contribution is 2.46. The van der Waals surface area contributed by atoms with Gasteiger partial charge in [-0.2, -0.15) is 0 Å². The van der Waals surface area contributed by atoms with Crippen LogP contribution in [0, 0.1) is 5.92 Å². The summed E-state index contributed by atoms with van der Waals surface area (Å²) in [6.45, 7) is 6.02. The molecule has 0 unspecified atom stereocenters. The van der Waals surface area contributed by atoms with Crippen LogP contribution in [0.2, 0.25) is 0 Å². The lowest BCUT2D eigenvalue weighted by atomic mass is 9.79. The van der Waals surface area contributed by atoms with E-state index in [0.717, 1.165) is 0 Å². The van der Waals surface area contributed by atoms with Gasteiger partial charge in [0.1, 0.15) is 24.4 Å². The van der Waals surface area contributed by atoms with Gasteiger partial charge in [0, 0.05) is 13.8 Å². The van der Waals surface area contributed by atoms with Crippen molar-refractivity contribution in [3.05, 3.63) is 0 Å². The van der Waals surface area contributed by atoms with Crippen molar-refractivity contribution in [3.8, 4) is 0 Å². The summed E-state index contributed by atoms with van der Waals surface area (Å²) >= 11 is 0. The molecule has 2 saturated heterocycles. The first kappa shape index (κ1) is 16.2. The SMILES string of the molecule is CC(=O)O[C@@H]1C(=O)O[C@H]2[C@@H]1C[C@@H](OC(C)=O)[C@H]1OC(C)(C)O[C@H]21. The summed E-state index contributed by atoms with van der Waals surface area (Å²) in [7, 11) is 0. The van der Waals surface area contributed by atoms with Crippen molar-refractivity contribution < 1.29 is 38.1 Å². The van der Waals surface area contributed by atoms with E-state index in [-0.39, 0.29) is 0 Å². The maximum absolute atomic E-state index is 12.1. The van der Waals surface area contributed by atoms with E-state index in [0.29, 0.717) is 6.42 Å². The summed E-state index contributed by atoms with van der Waals surface area (Å²) < 4.78 is 27.5. The highest BCUT2D eigenvalue weighted by Gasteiger charge is 2.63. The minimum Gasteiger partial charge on any atom is -0.460 e. The zero-order valence-electron chi connectivity index (χ0n) is 13.4. The Balaban J connectivity index is 1.88. The van der Waals surface area contributed by atoms with Crippen LogP contribution < -0.4 is 0 Å². The molecule has 3 fully saturated rings. The molecule has 0 radical (unpaired) electrons. The van der Waals surface area contributed by atoms with Gasteiger partial charge in [-0.15, -0.1) is 0 Å². The number of ether oxygens (including phenoxy) is 5. The van der Waals surface area contributed by atoms with E-state index < -0.39 is 60.1 Å². The molecule has 2 aliphatic heterocycles. The number of hydrogen-bond donors (Lipinski definition) is 0. The van der Waals surface area contributed by atoms with Gasteiger partial charge in [0.25, 0.3) is 0 Å². The molecule has 128 valence electrons. The predicted octanol–water partition coefficient (Wildman–Crippen LogP) is 0.315. The van der Waals surface area contributed by atoms with Crippen molar-refractivity contribution in [1.29, 1.82) is 0 Å². The lowest BCUT2D eigenvalue weighted by molar-refractivity contribution is -0.172. The fourth-order valence-electron chi connectivity index (χ4n) is 3.61. The van der Waals surface area contributed by atoms with Crippen LogP contribution >= 0.6 is 0 Å². The van der Waals surface area contributed by atoms with E-state index in [1.54, 1.807) is 13.8 Å². The molecule has 3 rings (SSSR count). The summed E-state index contributed by atoms with van der Waals surface area (Å²) in [6, 6.07) is 0. The highest BCUT2D eigenvalue weighted by atomic mass is 16.8. The van der Waals surface area contributed by atoms with Crippen LogP contribution in [0.4, 0.5) is 0 Å². The first-order valence-corrected chi connectivity index (χ1v) is 7.58. The van der Waals surface area contributed by atoms with Crippen molar-refractivity contribution in [2.24, 2.45) is 5.92 Å². The zero-order valence-corrected chi connectivity index (χ0v) is 13.4. The van der Waals surface area contributed by atoms with E-state index >= 15 is 0 Å². The molecule has 0 bridgehead atoms. The maximum atomic E-state index is 12.1. The Labute approximate surface area is 133 Å². The van der Waals surface area contributed by atoms with Gasteiger partial charge in [-0.25, -0.2) is 4.79 Å². The van der Waals surface area contributed by atoms with Crippen LogP contribution in [0.25, 0.3) is 0 Å². The molecule has 3 aliphatic rings. The van der Waals surface area contributed by atoms with Gasteiger partial charge in [-0.05, 0) is 20.3 Å². The minimum atomic E-state index is -1.01. The Hall–Kier alpha value is -1.67. The minimum absolute atomic E-state index is 0.300. The molecule has 2 heterocycles. The largest absolute Gasteiger partial charge is 0.460 e. The van der Waals surface area contributed by atoms with Gasteiger partial charge >= 0.3 is 17.9 Å². The molecule has 0 spiro atoms. The monoisotopic (exact) mass is 328 g/mol. The average Bonchev–Trinajstić information content (AvgIpc) is 2.87. The molecule has 1 saturated carbocycles. The topological polar surface area (TPSA) is 97.4 Å². The third-order valence-electron chi connectivity index (χ3n) is 4.26. The van der Waals surface area contributed by atoms with Gasteiger partial charge in [0.15, 0.2) is 5.79 Å². The van der Waals surface area contributed by atoms with Gasteiger partial charge in [-0.1, -0.05) is 0 Å². The molecule has 6 atom stereocenters. The number of carbonyl (C=O) groups is 3. The number of carbonyl (C=O) groups excluding carboxylic acids is 3. The molecule has 8 nitrogen and oxygen atoms in total. The molecular formula is C15H20O8. The second-order valence-corrected chi connectivity index (χ2v) is 6.54. The first-order chi connectivity index (χ1) is 10.7. The van der Waals surface area contributed by atoms with Crippen molar-refractivity contribution in [2.75, 3.05) is 0 Å². The number of esters is 3. The van der Waals surface area contributed by atoms with Crippen LogP contribution in [0.5, 0.6) is 0 Å². The van der Waals surface area contributed by atoms with Crippen molar-refractivity contribution in [2.45, 2.75) is 70.4 Å². The number of hydrogen-bond acceptors (Lipinski definition) is 8. The normalized spacial score (nSPS) is 40.8. The molecular weight excluding hydrogens is 308 g/mol.